The summed E-state index contributed by atoms with van der Waals surface area (Å²) in [6.07, 6.45) is -0.434. The first-order valence-corrected chi connectivity index (χ1v) is 7.99. The Balaban J connectivity index is 2.17. The van der Waals surface area contributed by atoms with Crippen LogP contribution in [-0.2, 0) is 19.0 Å². The number of likely N-dealkylation sites (N-methyl/N-ethyl adjacent to an activating group) is 1. The van der Waals surface area contributed by atoms with Crippen LogP contribution in [0.15, 0.2) is 30.3 Å². The summed E-state index contributed by atoms with van der Waals surface area (Å²) in [5.74, 6) is -1.61. The minimum Gasteiger partial charge on any atom is -0.457 e. The van der Waals surface area contributed by atoms with Gasteiger partial charge >= 0.3 is 12.1 Å². The Hall–Kier alpha value is -2.41. The number of hydrogen-bond acceptors (Lipinski definition) is 6. The van der Waals surface area contributed by atoms with Crippen molar-refractivity contribution in [3.05, 3.63) is 35.9 Å². The molecule has 7 heteroatoms. The number of carbonyl (C=O) groups excluding carboxylic acids is 3. The van der Waals surface area contributed by atoms with Crippen LogP contribution in [0, 0.1) is 0 Å². The van der Waals surface area contributed by atoms with Crippen LogP contribution in [-0.4, -0.2) is 61.8 Å². The van der Waals surface area contributed by atoms with Gasteiger partial charge in [-0.15, -0.1) is 0 Å². The fraction of sp³-hybridized carbons (Fsp3) is 0.500. The van der Waals surface area contributed by atoms with E-state index in [4.69, 9.17) is 14.2 Å². The lowest BCUT2D eigenvalue weighted by molar-refractivity contribution is -0.139. The molecule has 0 heterocycles. The van der Waals surface area contributed by atoms with Crippen LogP contribution in [0.3, 0.4) is 0 Å². The van der Waals surface area contributed by atoms with E-state index >= 15 is 0 Å². The number of benzene rings is 1. The van der Waals surface area contributed by atoms with Gasteiger partial charge in [-0.05, 0) is 20.8 Å². The smallest absolute Gasteiger partial charge is 0.410 e. The summed E-state index contributed by atoms with van der Waals surface area (Å²) in [6, 6.07) is 8.19. The number of amides is 1. The monoisotopic (exact) mass is 351 g/mol. The quantitative estimate of drug-likeness (QED) is 0.309. The van der Waals surface area contributed by atoms with Gasteiger partial charge in [-0.1, -0.05) is 30.3 Å². The summed E-state index contributed by atoms with van der Waals surface area (Å²) in [7, 11) is 1.61. The van der Waals surface area contributed by atoms with E-state index in [9.17, 15) is 14.4 Å². The lowest BCUT2D eigenvalue weighted by atomic mass is 10.1. The molecule has 0 radical (unpaired) electrons. The summed E-state index contributed by atoms with van der Waals surface area (Å²) in [6.45, 7) is 6.08. The highest BCUT2D eigenvalue weighted by molar-refractivity contribution is 6.40. The zero-order valence-electron chi connectivity index (χ0n) is 15.1. The topological polar surface area (TPSA) is 82.1 Å². The number of carbonyl (C=O) groups is 3. The van der Waals surface area contributed by atoms with E-state index in [-0.39, 0.29) is 25.4 Å². The molecule has 0 saturated carbocycles. The summed E-state index contributed by atoms with van der Waals surface area (Å²) < 4.78 is 15.3. The van der Waals surface area contributed by atoms with Gasteiger partial charge in [-0.3, -0.25) is 4.79 Å². The highest BCUT2D eigenvalue weighted by Gasteiger charge is 2.19. The second-order valence-corrected chi connectivity index (χ2v) is 6.35. The second-order valence-electron chi connectivity index (χ2n) is 6.35. The minimum atomic E-state index is -0.916. The third-order valence-electron chi connectivity index (χ3n) is 2.96. The molecule has 1 aromatic rings. The van der Waals surface area contributed by atoms with Crippen LogP contribution in [0.5, 0.6) is 0 Å². The molecule has 0 spiro atoms. The Labute approximate surface area is 147 Å². The number of rotatable bonds is 8. The van der Waals surface area contributed by atoms with E-state index < -0.39 is 23.4 Å². The number of ketones is 1. The number of hydrogen-bond donors (Lipinski definition) is 0. The standard InChI is InChI=1S/C18H25NO6/c1-18(2,3)25-17(22)19(4)10-11-23-12-13-24-16(21)15(20)14-8-6-5-7-9-14/h5-9H,10-13H2,1-4H3. The first-order chi connectivity index (χ1) is 11.7. The SMILES string of the molecule is CN(CCOCCOC(=O)C(=O)c1ccccc1)C(=O)OC(C)(C)C. The summed E-state index contributed by atoms with van der Waals surface area (Å²) in [5.41, 5.74) is -0.265. The molecule has 0 aliphatic rings. The molecule has 0 bridgehead atoms. The molecule has 0 atom stereocenters. The van der Waals surface area contributed by atoms with Crippen LogP contribution in [0.1, 0.15) is 31.1 Å². The molecule has 0 unspecified atom stereocenters. The number of esters is 1. The van der Waals surface area contributed by atoms with Gasteiger partial charge in [-0.2, -0.15) is 0 Å². The predicted octanol–water partition coefficient (Wildman–Crippen LogP) is 2.30. The van der Waals surface area contributed by atoms with Gasteiger partial charge in [0, 0.05) is 19.2 Å². The second kappa shape index (κ2) is 9.78. The number of nitrogens with zero attached hydrogens (tertiary/aromatic N) is 1. The van der Waals surface area contributed by atoms with Crippen molar-refractivity contribution in [3.8, 4) is 0 Å². The minimum absolute atomic E-state index is 0.0342. The zero-order valence-corrected chi connectivity index (χ0v) is 15.1. The maximum absolute atomic E-state index is 11.8. The third kappa shape index (κ3) is 8.30. The molecule has 0 N–H and O–H groups in total. The van der Waals surface area contributed by atoms with Crippen molar-refractivity contribution >= 4 is 17.8 Å². The zero-order chi connectivity index (χ0) is 18.9. The molecule has 0 aromatic heterocycles. The maximum atomic E-state index is 11.8. The van der Waals surface area contributed by atoms with E-state index in [2.05, 4.69) is 0 Å². The third-order valence-corrected chi connectivity index (χ3v) is 2.96. The molecule has 1 rings (SSSR count). The van der Waals surface area contributed by atoms with Gasteiger partial charge in [0.1, 0.15) is 12.2 Å². The van der Waals surface area contributed by atoms with Gasteiger partial charge in [0.2, 0.25) is 0 Å². The molecule has 1 amide bonds. The molecule has 0 aliphatic carbocycles. The van der Waals surface area contributed by atoms with Gasteiger partial charge in [-0.25, -0.2) is 9.59 Å². The fourth-order valence-electron chi connectivity index (χ4n) is 1.70. The van der Waals surface area contributed by atoms with Crippen LogP contribution < -0.4 is 0 Å². The lowest BCUT2D eigenvalue weighted by Crippen LogP contribution is -2.36. The Morgan fingerprint density at radius 2 is 1.64 bits per heavy atom. The van der Waals surface area contributed by atoms with Crippen molar-refractivity contribution in [2.75, 3.05) is 33.4 Å². The van der Waals surface area contributed by atoms with Gasteiger partial charge < -0.3 is 19.1 Å². The highest BCUT2D eigenvalue weighted by Crippen LogP contribution is 2.08. The molecule has 25 heavy (non-hydrogen) atoms. The van der Waals surface area contributed by atoms with Gasteiger partial charge in [0.15, 0.2) is 0 Å². The molecular weight excluding hydrogens is 326 g/mol. The molecule has 0 aliphatic heterocycles. The summed E-state index contributed by atoms with van der Waals surface area (Å²) >= 11 is 0. The van der Waals surface area contributed by atoms with E-state index in [0.717, 1.165) is 0 Å². The predicted molar refractivity (Wildman–Crippen MR) is 91.4 cm³/mol. The average Bonchev–Trinajstić information content (AvgIpc) is 2.56. The summed E-state index contributed by atoms with van der Waals surface area (Å²) in [4.78, 5) is 36.5. The van der Waals surface area contributed by atoms with Crippen molar-refractivity contribution in [1.29, 1.82) is 0 Å². The normalized spacial score (nSPS) is 10.9. The van der Waals surface area contributed by atoms with Crippen LogP contribution in [0.2, 0.25) is 0 Å². The first-order valence-electron chi connectivity index (χ1n) is 7.99. The number of ether oxygens (including phenoxy) is 3. The van der Waals surface area contributed by atoms with Crippen molar-refractivity contribution in [1.82, 2.24) is 4.90 Å². The molecule has 0 saturated heterocycles. The van der Waals surface area contributed by atoms with Crippen molar-refractivity contribution in [2.45, 2.75) is 26.4 Å². The Morgan fingerprint density at radius 3 is 2.24 bits per heavy atom. The van der Waals surface area contributed by atoms with Crippen molar-refractivity contribution < 1.29 is 28.6 Å². The fourth-order valence-corrected chi connectivity index (χ4v) is 1.70. The van der Waals surface area contributed by atoms with Gasteiger partial charge in [0.05, 0.1) is 13.2 Å². The van der Waals surface area contributed by atoms with E-state index in [0.29, 0.717) is 6.54 Å². The molecule has 0 fully saturated rings. The Kier molecular flexibility index (Phi) is 8.07. The average molecular weight is 351 g/mol. The van der Waals surface area contributed by atoms with E-state index in [1.54, 1.807) is 58.2 Å². The number of Topliss-reactive ketones (excluding diaryl/α,β-unsaturated/α-hetero) is 1. The lowest BCUT2D eigenvalue weighted by Gasteiger charge is -2.24. The van der Waals surface area contributed by atoms with Crippen molar-refractivity contribution in [3.63, 3.8) is 0 Å². The summed E-state index contributed by atoms with van der Waals surface area (Å²) in [5, 5.41) is 0. The van der Waals surface area contributed by atoms with Crippen molar-refractivity contribution in [2.24, 2.45) is 0 Å². The largest absolute Gasteiger partial charge is 0.457 e. The van der Waals surface area contributed by atoms with E-state index in [1.807, 2.05) is 0 Å². The maximum Gasteiger partial charge on any atom is 0.410 e. The Bertz CT molecular complexity index is 579. The highest BCUT2D eigenvalue weighted by atomic mass is 16.6. The molecule has 7 nitrogen and oxygen atoms in total. The van der Waals surface area contributed by atoms with Crippen LogP contribution in [0.4, 0.5) is 4.79 Å². The van der Waals surface area contributed by atoms with E-state index in [1.165, 1.54) is 4.90 Å². The first kappa shape index (κ1) is 20.6. The molecular formula is C18H25NO6. The van der Waals surface area contributed by atoms with Crippen LogP contribution >= 0.6 is 0 Å². The van der Waals surface area contributed by atoms with Crippen LogP contribution in [0.25, 0.3) is 0 Å². The Morgan fingerprint density at radius 1 is 1.00 bits per heavy atom. The molecule has 1 aromatic carbocycles. The molecule has 138 valence electrons. The van der Waals surface area contributed by atoms with Gasteiger partial charge in [0.25, 0.3) is 5.78 Å².